The summed E-state index contributed by atoms with van der Waals surface area (Å²) in [6.45, 7) is 5.82. The third kappa shape index (κ3) is 4.82. The van der Waals surface area contributed by atoms with E-state index in [2.05, 4.69) is 5.32 Å². The first-order chi connectivity index (χ1) is 16.2. The highest BCUT2D eigenvalue weighted by atomic mass is 35.5. The van der Waals surface area contributed by atoms with Gasteiger partial charge in [0, 0.05) is 28.7 Å². The summed E-state index contributed by atoms with van der Waals surface area (Å²) >= 11 is 6.05. The van der Waals surface area contributed by atoms with E-state index < -0.39 is 11.6 Å². The summed E-state index contributed by atoms with van der Waals surface area (Å²) in [5.41, 5.74) is 2.11. The molecule has 0 fully saturated rings. The molecule has 7 heteroatoms. The van der Waals surface area contributed by atoms with Gasteiger partial charge in [-0.2, -0.15) is 0 Å². The fraction of sp³-hybridized carbons (Fsp3) is 0.222. The van der Waals surface area contributed by atoms with Crippen LogP contribution < -0.4 is 10.2 Å². The van der Waals surface area contributed by atoms with E-state index in [-0.39, 0.29) is 11.8 Å². The summed E-state index contributed by atoms with van der Waals surface area (Å²) in [5, 5.41) is 3.62. The lowest BCUT2D eigenvalue weighted by molar-refractivity contribution is -0.126. The van der Waals surface area contributed by atoms with Gasteiger partial charge in [-0.15, -0.1) is 0 Å². The van der Waals surface area contributed by atoms with Crippen LogP contribution in [0.1, 0.15) is 42.7 Å². The van der Waals surface area contributed by atoms with Crippen LogP contribution >= 0.6 is 11.6 Å². The number of amides is 2. The first kappa shape index (κ1) is 23.5. The number of carbonyl (C=O) groups is 2. The maximum atomic E-state index is 13.8. The Bertz CT molecular complexity index is 1230. The van der Waals surface area contributed by atoms with Crippen molar-refractivity contribution in [3.63, 3.8) is 0 Å². The summed E-state index contributed by atoms with van der Waals surface area (Å²) in [6, 6.07) is 22.9. The molecule has 0 bridgehead atoms. The van der Waals surface area contributed by atoms with Gasteiger partial charge in [0.05, 0.1) is 11.4 Å². The molecule has 1 unspecified atom stereocenters. The molecular formula is C27H27ClN4O2. The second-order valence-corrected chi connectivity index (χ2v) is 9.64. The molecule has 4 rings (SSSR count). The number of anilines is 1. The van der Waals surface area contributed by atoms with Gasteiger partial charge in [-0.1, -0.05) is 48.0 Å². The van der Waals surface area contributed by atoms with E-state index in [1.165, 1.54) is 4.90 Å². The van der Waals surface area contributed by atoms with E-state index in [1.54, 1.807) is 36.2 Å². The van der Waals surface area contributed by atoms with E-state index in [0.29, 0.717) is 27.9 Å². The Hall–Kier alpha value is -3.64. The van der Waals surface area contributed by atoms with Crippen LogP contribution in [0.2, 0.25) is 5.02 Å². The van der Waals surface area contributed by atoms with Crippen molar-refractivity contribution in [2.45, 2.75) is 32.4 Å². The van der Waals surface area contributed by atoms with E-state index >= 15 is 0 Å². The number of para-hydroxylation sites is 2. The third-order valence-corrected chi connectivity index (χ3v) is 5.66. The fourth-order valence-electron chi connectivity index (χ4n) is 3.92. The summed E-state index contributed by atoms with van der Waals surface area (Å²) in [4.78, 5) is 35.4. The highest BCUT2D eigenvalue weighted by Crippen LogP contribution is 2.36. The average Bonchev–Trinajstić information content (AvgIpc) is 2.79. The van der Waals surface area contributed by atoms with Crippen LogP contribution in [-0.2, 0) is 4.79 Å². The molecular weight excluding hydrogens is 448 g/mol. The lowest BCUT2D eigenvalue weighted by Gasteiger charge is -2.39. The standard InChI is InChI=1S/C27H27ClN4O2/c1-27(2,3)30-24(33)23-21-12-8-9-13-22(21)29-26(31(23)4)32(20-10-6-5-7-11-20)25(34)18-14-16-19(28)17-15-18/h5-17,23H,1-4H3,(H,30,33). The van der Waals surface area contributed by atoms with Gasteiger partial charge in [0.25, 0.3) is 5.91 Å². The molecule has 3 aromatic rings. The zero-order valence-corrected chi connectivity index (χ0v) is 20.4. The molecule has 1 heterocycles. The number of benzene rings is 3. The smallest absolute Gasteiger partial charge is 0.265 e. The first-order valence-corrected chi connectivity index (χ1v) is 11.4. The molecule has 6 nitrogen and oxygen atoms in total. The number of guanidine groups is 1. The zero-order valence-electron chi connectivity index (χ0n) is 19.6. The number of hydrogen-bond acceptors (Lipinski definition) is 4. The highest BCUT2D eigenvalue weighted by Gasteiger charge is 2.38. The topological polar surface area (TPSA) is 65.0 Å². The van der Waals surface area contributed by atoms with Gasteiger partial charge in [-0.05, 0) is 63.2 Å². The number of halogens is 1. The van der Waals surface area contributed by atoms with Crippen LogP contribution in [0.25, 0.3) is 0 Å². The van der Waals surface area contributed by atoms with Crippen LogP contribution in [0.5, 0.6) is 0 Å². The van der Waals surface area contributed by atoms with Crippen molar-refractivity contribution in [3.05, 3.63) is 95.0 Å². The highest BCUT2D eigenvalue weighted by molar-refractivity contribution is 6.31. The van der Waals surface area contributed by atoms with Crippen LogP contribution in [-0.4, -0.2) is 35.3 Å². The first-order valence-electron chi connectivity index (χ1n) is 11.0. The van der Waals surface area contributed by atoms with Gasteiger partial charge in [-0.25, -0.2) is 9.89 Å². The summed E-state index contributed by atoms with van der Waals surface area (Å²) in [5.74, 6) is -0.0801. The van der Waals surface area contributed by atoms with Crippen molar-refractivity contribution in [3.8, 4) is 0 Å². The molecule has 34 heavy (non-hydrogen) atoms. The van der Waals surface area contributed by atoms with Crippen LogP contribution in [0.3, 0.4) is 0 Å². The number of nitrogens with one attached hydrogen (secondary N) is 1. The molecule has 0 saturated heterocycles. The largest absolute Gasteiger partial charge is 0.349 e. The van der Waals surface area contributed by atoms with E-state index in [9.17, 15) is 9.59 Å². The van der Waals surface area contributed by atoms with Crippen molar-refractivity contribution in [2.24, 2.45) is 4.99 Å². The predicted octanol–water partition coefficient (Wildman–Crippen LogP) is 5.58. The van der Waals surface area contributed by atoms with Crippen LogP contribution in [0, 0.1) is 0 Å². The Morgan fingerprint density at radius 2 is 1.56 bits per heavy atom. The Labute approximate surface area is 204 Å². The molecule has 174 valence electrons. The van der Waals surface area contributed by atoms with Gasteiger partial charge in [0.1, 0.15) is 6.04 Å². The number of likely N-dealkylation sites (N-methyl/N-ethyl adjacent to an activating group) is 1. The van der Waals surface area contributed by atoms with Gasteiger partial charge >= 0.3 is 0 Å². The minimum Gasteiger partial charge on any atom is -0.349 e. The van der Waals surface area contributed by atoms with Gasteiger partial charge in [-0.3, -0.25) is 9.59 Å². The summed E-state index contributed by atoms with van der Waals surface area (Å²) in [7, 11) is 1.78. The van der Waals surface area contributed by atoms with Gasteiger partial charge < -0.3 is 10.2 Å². The molecule has 0 spiro atoms. The molecule has 2 amide bonds. The number of rotatable bonds is 3. The Balaban J connectivity index is 1.85. The van der Waals surface area contributed by atoms with Crippen molar-refractivity contribution >= 4 is 40.7 Å². The maximum Gasteiger partial charge on any atom is 0.265 e. The number of nitrogens with zero attached hydrogens (tertiary/aromatic N) is 3. The van der Waals surface area contributed by atoms with Crippen molar-refractivity contribution in [2.75, 3.05) is 11.9 Å². The second-order valence-electron chi connectivity index (χ2n) is 9.21. The predicted molar refractivity (Wildman–Crippen MR) is 137 cm³/mol. The second kappa shape index (κ2) is 9.31. The summed E-state index contributed by atoms with van der Waals surface area (Å²) < 4.78 is 0. The molecule has 1 atom stereocenters. The number of fused-ring (bicyclic) bond motifs is 1. The molecule has 3 aromatic carbocycles. The molecule has 0 saturated carbocycles. The monoisotopic (exact) mass is 474 g/mol. The average molecular weight is 475 g/mol. The normalized spacial score (nSPS) is 15.3. The lowest BCUT2D eigenvalue weighted by Crippen LogP contribution is -2.54. The zero-order chi connectivity index (χ0) is 24.5. The Kier molecular flexibility index (Phi) is 6.44. The van der Waals surface area contributed by atoms with Crippen LogP contribution in [0.4, 0.5) is 11.4 Å². The minimum atomic E-state index is -0.660. The summed E-state index contributed by atoms with van der Waals surface area (Å²) in [6.07, 6.45) is 0. The molecule has 0 aromatic heterocycles. The minimum absolute atomic E-state index is 0.165. The Morgan fingerprint density at radius 3 is 2.21 bits per heavy atom. The fourth-order valence-corrected chi connectivity index (χ4v) is 4.04. The van der Waals surface area contributed by atoms with Crippen molar-refractivity contribution in [1.29, 1.82) is 0 Å². The van der Waals surface area contributed by atoms with E-state index in [4.69, 9.17) is 16.6 Å². The quantitative estimate of drug-likeness (QED) is 0.539. The maximum absolute atomic E-state index is 13.8. The lowest BCUT2D eigenvalue weighted by atomic mass is 9.99. The third-order valence-electron chi connectivity index (χ3n) is 5.41. The molecule has 0 aliphatic carbocycles. The van der Waals surface area contributed by atoms with Crippen molar-refractivity contribution in [1.82, 2.24) is 10.2 Å². The molecule has 1 N–H and O–H groups in total. The van der Waals surface area contributed by atoms with E-state index in [0.717, 1.165) is 5.56 Å². The SMILES string of the molecule is CN1C(N(C(=O)c2ccc(Cl)cc2)c2ccccc2)=Nc2ccccc2C1C(=O)NC(C)(C)C. The number of hydrogen-bond donors (Lipinski definition) is 1. The number of carbonyl (C=O) groups excluding carboxylic acids is 2. The van der Waals surface area contributed by atoms with Crippen LogP contribution in [0.15, 0.2) is 83.9 Å². The van der Waals surface area contributed by atoms with E-state index in [1.807, 2.05) is 75.4 Å². The van der Waals surface area contributed by atoms with Crippen molar-refractivity contribution < 1.29 is 9.59 Å². The molecule has 0 radical (unpaired) electrons. The van der Waals surface area contributed by atoms with Gasteiger partial charge in [0.2, 0.25) is 11.9 Å². The Morgan fingerprint density at radius 1 is 0.941 bits per heavy atom. The van der Waals surface area contributed by atoms with Gasteiger partial charge in [0.15, 0.2) is 0 Å². The number of aliphatic imine (C=N–C) groups is 1. The molecule has 1 aliphatic rings. The molecule has 1 aliphatic heterocycles.